The van der Waals surface area contributed by atoms with E-state index in [2.05, 4.69) is 0 Å². The highest BCUT2D eigenvalue weighted by Crippen LogP contribution is 2.43. The molecule has 1 atom stereocenters. The van der Waals surface area contributed by atoms with Crippen LogP contribution in [0.3, 0.4) is 0 Å². The van der Waals surface area contributed by atoms with Crippen molar-refractivity contribution in [2.45, 2.75) is 19.4 Å². The Hall–Kier alpha value is -3.72. The molecule has 186 valence electrons. The van der Waals surface area contributed by atoms with Crippen LogP contribution in [0.5, 0.6) is 17.2 Å². The minimum atomic E-state index is -0.850. The quantitative estimate of drug-likeness (QED) is 0.256. The monoisotopic (exact) mass is 482 g/mol. The van der Waals surface area contributed by atoms with E-state index in [1.807, 2.05) is 11.9 Å². The SMILES string of the molecule is CCOc1cc(C2/C(=C(\O)c3ccc4c(c3)N(C)CCO4)C(=O)C(=O)N2CCCOC)ccc1O. The topological polar surface area (TPSA) is 109 Å². The number of nitrogens with zero attached hydrogens (tertiary/aromatic N) is 2. The van der Waals surface area contributed by atoms with Crippen LogP contribution in [0.1, 0.15) is 30.5 Å². The van der Waals surface area contributed by atoms with E-state index in [1.165, 1.54) is 11.0 Å². The van der Waals surface area contributed by atoms with Gasteiger partial charge in [-0.1, -0.05) is 6.07 Å². The molecule has 0 radical (unpaired) electrons. The Bertz CT molecular complexity index is 1160. The second-order valence-corrected chi connectivity index (χ2v) is 8.45. The number of carbonyl (C=O) groups is 2. The Labute approximate surface area is 204 Å². The molecule has 0 aliphatic carbocycles. The molecule has 4 rings (SSSR count). The fraction of sp³-hybridized carbons (Fsp3) is 0.385. The van der Waals surface area contributed by atoms with Crippen LogP contribution in [0.25, 0.3) is 5.76 Å². The molecule has 2 heterocycles. The van der Waals surface area contributed by atoms with E-state index in [4.69, 9.17) is 14.2 Å². The summed E-state index contributed by atoms with van der Waals surface area (Å²) < 4.78 is 16.3. The number of aliphatic hydroxyl groups is 1. The molecule has 2 N–H and O–H groups in total. The molecule has 1 unspecified atom stereocenters. The number of amides is 1. The van der Waals surface area contributed by atoms with Crippen LogP contribution < -0.4 is 14.4 Å². The van der Waals surface area contributed by atoms with Gasteiger partial charge in [-0.05, 0) is 49.2 Å². The van der Waals surface area contributed by atoms with E-state index in [1.54, 1.807) is 44.4 Å². The summed E-state index contributed by atoms with van der Waals surface area (Å²) >= 11 is 0. The molecule has 0 aromatic heterocycles. The van der Waals surface area contributed by atoms with Crippen molar-refractivity contribution in [2.24, 2.45) is 0 Å². The van der Waals surface area contributed by atoms with Crippen LogP contribution in [-0.4, -0.2) is 73.9 Å². The smallest absolute Gasteiger partial charge is 0.295 e. The Morgan fingerprint density at radius 3 is 2.74 bits per heavy atom. The number of anilines is 1. The number of Topliss-reactive ketones (excluding diaryl/α,β-unsaturated/α-hetero) is 1. The minimum Gasteiger partial charge on any atom is -0.507 e. The van der Waals surface area contributed by atoms with Gasteiger partial charge in [-0.2, -0.15) is 0 Å². The number of aromatic hydroxyl groups is 1. The number of likely N-dealkylation sites (N-methyl/N-ethyl adjacent to an activating group) is 1. The molecular formula is C26H30N2O7. The van der Waals surface area contributed by atoms with Crippen molar-refractivity contribution < 1.29 is 34.0 Å². The van der Waals surface area contributed by atoms with E-state index >= 15 is 0 Å². The lowest BCUT2D eigenvalue weighted by molar-refractivity contribution is -0.140. The van der Waals surface area contributed by atoms with Gasteiger partial charge in [0.1, 0.15) is 18.1 Å². The number of likely N-dealkylation sites (tertiary alicyclic amines) is 1. The largest absolute Gasteiger partial charge is 0.507 e. The molecule has 1 amide bonds. The summed E-state index contributed by atoms with van der Waals surface area (Å²) in [6.45, 7) is 4.03. The summed E-state index contributed by atoms with van der Waals surface area (Å²) in [6.07, 6.45) is 0.511. The molecule has 9 heteroatoms. The Morgan fingerprint density at radius 1 is 1.20 bits per heavy atom. The van der Waals surface area contributed by atoms with Crippen molar-refractivity contribution in [3.63, 3.8) is 0 Å². The first kappa shape index (κ1) is 24.4. The minimum absolute atomic E-state index is 0.0140. The van der Waals surface area contributed by atoms with Crippen molar-refractivity contribution in [1.29, 1.82) is 0 Å². The highest BCUT2D eigenvalue weighted by molar-refractivity contribution is 6.46. The fourth-order valence-electron chi connectivity index (χ4n) is 4.46. The lowest BCUT2D eigenvalue weighted by Gasteiger charge is -2.28. The third kappa shape index (κ3) is 4.64. The second-order valence-electron chi connectivity index (χ2n) is 8.45. The Balaban J connectivity index is 1.84. The van der Waals surface area contributed by atoms with Crippen molar-refractivity contribution in [1.82, 2.24) is 4.90 Å². The van der Waals surface area contributed by atoms with Gasteiger partial charge in [0.25, 0.3) is 11.7 Å². The van der Waals surface area contributed by atoms with Crippen LogP contribution in [0.4, 0.5) is 5.69 Å². The normalized spacial score (nSPS) is 19.0. The zero-order chi connectivity index (χ0) is 25.1. The van der Waals surface area contributed by atoms with Crippen LogP contribution in [0.2, 0.25) is 0 Å². The number of phenols is 1. The number of fused-ring (bicyclic) bond motifs is 1. The number of carbonyl (C=O) groups excluding carboxylic acids is 2. The van der Waals surface area contributed by atoms with E-state index in [9.17, 15) is 19.8 Å². The molecule has 2 aliphatic heterocycles. The summed E-state index contributed by atoms with van der Waals surface area (Å²) in [5.41, 5.74) is 1.72. The van der Waals surface area contributed by atoms with Crippen molar-refractivity contribution >= 4 is 23.1 Å². The lowest BCUT2D eigenvalue weighted by Crippen LogP contribution is -2.31. The van der Waals surface area contributed by atoms with Gasteiger partial charge in [-0.3, -0.25) is 9.59 Å². The van der Waals surface area contributed by atoms with Gasteiger partial charge in [-0.15, -0.1) is 0 Å². The maximum Gasteiger partial charge on any atom is 0.295 e. The molecule has 1 saturated heterocycles. The average Bonchev–Trinajstić information content (AvgIpc) is 3.10. The Morgan fingerprint density at radius 2 is 2.00 bits per heavy atom. The number of aliphatic hydroxyl groups excluding tert-OH is 1. The molecule has 1 fully saturated rings. The van der Waals surface area contributed by atoms with Gasteiger partial charge in [0, 0.05) is 32.9 Å². The summed E-state index contributed by atoms with van der Waals surface area (Å²) in [7, 11) is 3.49. The predicted molar refractivity (Wildman–Crippen MR) is 130 cm³/mol. The van der Waals surface area contributed by atoms with Gasteiger partial charge in [0.05, 0.1) is 30.5 Å². The standard InChI is InChI=1S/C26H30N2O7/c1-4-34-21-15-16(6-8-19(21)29)23-22(25(31)26(32)28(23)10-5-12-33-3)24(30)17-7-9-20-18(14-17)27(2)11-13-35-20/h6-9,14-15,23,29-30H,4-5,10-13H2,1-3H3/b24-22+. The zero-order valence-electron chi connectivity index (χ0n) is 20.1. The highest BCUT2D eigenvalue weighted by Gasteiger charge is 2.46. The summed E-state index contributed by atoms with van der Waals surface area (Å²) in [6, 6.07) is 9.00. The molecule has 0 spiro atoms. The molecule has 2 aromatic rings. The Kier molecular flexibility index (Phi) is 7.16. The molecular weight excluding hydrogens is 452 g/mol. The second kappa shape index (κ2) is 10.3. The molecule has 2 aromatic carbocycles. The third-order valence-corrected chi connectivity index (χ3v) is 6.21. The van der Waals surface area contributed by atoms with E-state index in [-0.39, 0.29) is 29.4 Å². The summed E-state index contributed by atoms with van der Waals surface area (Å²) in [5, 5.41) is 21.5. The molecule has 2 aliphatic rings. The highest BCUT2D eigenvalue weighted by atomic mass is 16.5. The van der Waals surface area contributed by atoms with Gasteiger partial charge >= 0.3 is 0 Å². The van der Waals surface area contributed by atoms with Gasteiger partial charge in [0.15, 0.2) is 11.5 Å². The number of benzene rings is 2. The molecule has 35 heavy (non-hydrogen) atoms. The van der Waals surface area contributed by atoms with Crippen LogP contribution in [0, 0.1) is 0 Å². The first-order valence-corrected chi connectivity index (χ1v) is 11.6. The lowest BCUT2D eigenvalue weighted by atomic mass is 9.94. The van der Waals surface area contributed by atoms with E-state index in [0.717, 1.165) is 5.69 Å². The number of rotatable bonds is 8. The van der Waals surface area contributed by atoms with Gasteiger partial charge < -0.3 is 34.2 Å². The number of methoxy groups -OCH3 is 1. The number of ketones is 1. The summed E-state index contributed by atoms with van der Waals surface area (Å²) in [5.74, 6) is -0.859. The third-order valence-electron chi connectivity index (χ3n) is 6.21. The zero-order valence-corrected chi connectivity index (χ0v) is 20.1. The van der Waals surface area contributed by atoms with E-state index in [0.29, 0.717) is 49.7 Å². The van der Waals surface area contributed by atoms with E-state index < -0.39 is 17.7 Å². The molecule has 9 nitrogen and oxygen atoms in total. The maximum absolute atomic E-state index is 13.2. The number of phenolic OH excluding ortho intramolecular Hbond substituents is 1. The van der Waals surface area contributed by atoms with Crippen molar-refractivity contribution in [2.75, 3.05) is 52.0 Å². The average molecular weight is 483 g/mol. The van der Waals surface area contributed by atoms with Gasteiger partial charge in [-0.25, -0.2) is 0 Å². The van der Waals surface area contributed by atoms with Crippen LogP contribution >= 0.6 is 0 Å². The maximum atomic E-state index is 13.2. The van der Waals surface area contributed by atoms with Crippen LogP contribution in [0.15, 0.2) is 42.0 Å². The van der Waals surface area contributed by atoms with Crippen molar-refractivity contribution in [3.8, 4) is 17.2 Å². The van der Waals surface area contributed by atoms with Crippen molar-refractivity contribution in [3.05, 3.63) is 53.1 Å². The molecule has 0 bridgehead atoms. The first-order chi connectivity index (χ1) is 16.9. The predicted octanol–water partition coefficient (Wildman–Crippen LogP) is 3.08. The van der Waals surface area contributed by atoms with Crippen LogP contribution in [-0.2, 0) is 14.3 Å². The first-order valence-electron chi connectivity index (χ1n) is 11.6. The fourth-order valence-corrected chi connectivity index (χ4v) is 4.46. The number of hydrogen-bond donors (Lipinski definition) is 2. The summed E-state index contributed by atoms with van der Waals surface area (Å²) in [4.78, 5) is 29.7. The number of ether oxygens (including phenoxy) is 3. The number of hydrogen-bond acceptors (Lipinski definition) is 8. The molecule has 0 saturated carbocycles. The van der Waals surface area contributed by atoms with Gasteiger partial charge in [0.2, 0.25) is 0 Å².